The van der Waals surface area contributed by atoms with E-state index in [4.69, 9.17) is 0 Å². The maximum absolute atomic E-state index is 12.8. The Bertz CT molecular complexity index is 1020. The van der Waals surface area contributed by atoms with Crippen LogP contribution in [0.5, 0.6) is 0 Å². The van der Waals surface area contributed by atoms with Crippen LogP contribution in [0, 0.1) is 0 Å². The minimum atomic E-state index is -3.48. The largest absolute Gasteiger partial charge is 0.308 e. The molecule has 3 aromatic rings. The summed E-state index contributed by atoms with van der Waals surface area (Å²) in [6, 6.07) is 10.9. The van der Waals surface area contributed by atoms with Gasteiger partial charge >= 0.3 is 0 Å². The first kappa shape index (κ1) is 17.8. The highest BCUT2D eigenvalue weighted by Gasteiger charge is 2.38. The van der Waals surface area contributed by atoms with E-state index in [1.807, 2.05) is 28.8 Å². The van der Waals surface area contributed by atoms with Crippen LogP contribution < -0.4 is 0 Å². The second kappa shape index (κ2) is 6.86. The molecular formula is C19H21N5O2S. The van der Waals surface area contributed by atoms with Gasteiger partial charge in [-0.05, 0) is 35.7 Å². The third-order valence-electron chi connectivity index (χ3n) is 4.90. The van der Waals surface area contributed by atoms with Crippen molar-refractivity contribution in [3.05, 3.63) is 60.7 Å². The van der Waals surface area contributed by atoms with Gasteiger partial charge in [0.2, 0.25) is 10.0 Å². The average Bonchev–Trinajstić information content (AvgIpc) is 3.10. The van der Waals surface area contributed by atoms with E-state index in [-0.39, 0.29) is 6.04 Å². The number of rotatable bonds is 5. The van der Waals surface area contributed by atoms with Crippen molar-refractivity contribution < 1.29 is 8.42 Å². The Kier molecular flexibility index (Phi) is 4.53. The van der Waals surface area contributed by atoms with Gasteiger partial charge in [0.1, 0.15) is 6.33 Å². The molecule has 1 fully saturated rings. The highest BCUT2D eigenvalue weighted by molar-refractivity contribution is 7.89. The zero-order valence-corrected chi connectivity index (χ0v) is 16.0. The molecule has 1 saturated heterocycles. The van der Waals surface area contributed by atoms with E-state index in [9.17, 15) is 8.42 Å². The van der Waals surface area contributed by atoms with Crippen LogP contribution in [0.25, 0.3) is 11.4 Å². The van der Waals surface area contributed by atoms with Gasteiger partial charge in [-0.1, -0.05) is 26.0 Å². The van der Waals surface area contributed by atoms with Crippen molar-refractivity contribution in [2.75, 3.05) is 13.1 Å². The number of hydrogen-bond acceptors (Lipinski definition) is 5. The van der Waals surface area contributed by atoms with Gasteiger partial charge in [0.05, 0.1) is 10.9 Å². The Labute approximate surface area is 158 Å². The molecule has 4 rings (SSSR count). The van der Waals surface area contributed by atoms with E-state index in [0.717, 1.165) is 11.1 Å². The van der Waals surface area contributed by atoms with Gasteiger partial charge in [-0.15, -0.1) is 10.2 Å². The van der Waals surface area contributed by atoms with Gasteiger partial charge in [-0.3, -0.25) is 4.98 Å². The molecule has 0 radical (unpaired) electrons. The highest BCUT2D eigenvalue weighted by Crippen LogP contribution is 2.31. The molecule has 1 aromatic carbocycles. The predicted molar refractivity (Wildman–Crippen MR) is 102 cm³/mol. The molecule has 0 unspecified atom stereocenters. The zero-order chi connectivity index (χ0) is 19.0. The van der Waals surface area contributed by atoms with Crippen molar-refractivity contribution in [1.82, 2.24) is 24.1 Å². The van der Waals surface area contributed by atoms with Crippen LogP contribution in [0.1, 0.15) is 31.4 Å². The van der Waals surface area contributed by atoms with Gasteiger partial charge in [-0.2, -0.15) is 4.31 Å². The summed E-state index contributed by atoms with van der Waals surface area (Å²) in [4.78, 5) is 4.45. The van der Waals surface area contributed by atoms with Crippen molar-refractivity contribution in [2.24, 2.45) is 0 Å². The fourth-order valence-electron chi connectivity index (χ4n) is 3.17. The SMILES string of the molecule is CC(C)c1ccc(S(=O)(=O)N2CC(n3cnnc3-c3cccnc3)C2)cc1. The maximum Gasteiger partial charge on any atom is 0.243 e. The highest BCUT2D eigenvalue weighted by atomic mass is 32.2. The molecule has 0 atom stereocenters. The molecular weight excluding hydrogens is 362 g/mol. The normalized spacial score (nSPS) is 15.8. The van der Waals surface area contributed by atoms with Gasteiger partial charge in [0, 0.05) is 31.0 Å². The van der Waals surface area contributed by atoms with Crippen LogP contribution in [0.2, 0.25) is 0 Å². The van der Waals surface area contributed by atoms with Crippen LogP contribution in [0.3, 0.4) is 0 Å². The Balaban J connectivity index is 1.50. The molecule has 7 nitrogen and oxygen atoms in total. The lowest BCUT2D eigenvalue weighted by Crippen LogP contribution is -2.50. The molecule has 0 spiro atoms. The second-order valence-electron chi connectivity index (χ2n) is 7.00. The van der Waals surface area contributed by atoms with E-state index in [1.165, 1.54) is 4.31 Å². The van der Waals surface area contributed by atoms with Crippen molar-refractivity contribution in [2.45, 2.75) is 30.7 Å². The summed E-state index contributed by atoms with van der Waals surface area (Å²) in [5.74, 6) is 1.07. The van der Waals surface area contributed by atoms with Crippen LogP contribution >= 0.6 is 0 Å². The van der Waals surface area contributed by atoms with E-state index in [2.05, 4.69) is 29.0 Å². The Morgan fingerprint density at radius 3 is 2.48 bits per heavy atom. The van der Waals surface area contributed by atoms with Crippen molar-refractivity contribution >= 4 is 10.0 Å². The molecule has 2 aromatic heterocycles. The van der Waals surface area contributed by atoms with E-state index in [1.54, 1.807) is 30.9 Å². The molecule has 0 N–H and O–H groups in total. The lowest BCUT2D eigenvalue weighted by atomic mass is 10.0. The Morgan fingerprint density at radius 2 is 1.85 bits per heavy atom. The summed E-state index contributed by atoms with van der Waals surface area (Å²) < 4.78 is 29.1. The smallest absolute Gasteiger partial charge is 0.243 e. The fraction of sp³-hybridized carbons (Fsp3) is 0.316. The first-order valence-electron chi connectivity index (χ1n) is 8.87. The fourth-order valence-corrected chi connectivity index (χ4v) is 4.69. The summed E-state index contributed by atoms with van der Waals surface area (Å²) in [5.41, 5.74) is 1.99. The minimum Gasteiger partial charge on any atom is -0.308 e. The first-order valence-corrected chi connectivity index (χ1v) is 10.3. The number of pyridine rings is 1. The minimum absolute atomic E-state index is 0.0138. The molecule has 1 aliphatic heterocycles. The average molecular weight is 383 g/mol. The van der Waals surface area contributed by atoms with Gasteiger partial charge < -0.3 is 4.57 Å². The van der Waals surface area contributed by atoms with Crippen LogP contribution in [-0.4, -0.2) is 45.6 Å². The monoisotopic (exact) mass is 383 g/mol. The van der Waals surface area contributed by atoms with E-state index < -0.39 is 10.0 Å². The van der Waals surface area contributed by atoms with E-state index in [0.29, 0.717) is 29.7 Å². The van der Waals surface area contributed by atoms with E-state index >= 15 is 0 Å². The molecule has 1 aliphatic rings. The lowest BCUT2D eigenvalue weighted by molar-refractivity contribution is 0.205. The summed E-state index contributed by atoms with van der Waals surface area (Å²) in [5, 5.41) is 8.16. The summed E-state index contributed by atoms with van der Waals surface area (Å²) >= 11 is 0. The van der Waals surface area contributed by atoms with Crippen LogP contribution in [0.4, 0.5) is 0 Å². The van der Waals surface area contributed by atoms with Crippen LogP contribution in [-0.2, 0) is 10.0 Å². The summed E-state index contributed by atoms with van der Waals surface area (Å²) in [7, 11) is -3.48. The number of hydrogen-bond donors (Lipinski definition) is 0. The lowest BCUT2D eigenvalue weighted by Gasteiger charge is -2.39. The number of nitrogens with zero attached hydrogens (tertiary/aromatic N) is 5. The quantitative estimate of drug-likeness (QED) is 0.677. The zero-order valence-electron chi connectivity index (χ0n) is 15.2. The van der Waals surface area contributed by atoms with Gasteiger partial charge in [-0.25, -0.2) is 8.42 Å². The second-order valence-corrected chi connectivity index (χ2v) is 8.94. The molecule has 3 heterocycles. The Hall–Kier alpha value is -2.58. The molecule has 27 heavy (non-hydrogen) atoms. The van der Waals surface area contributed by atoms with Gasteiger partial charge in [0.15, 0.2) is 5.82 Å². The van der Waals surface area contributed by atoms with Crippen molar-refractivity contribution in [3.63, 3.8) is 0 Å². The number of sulfonamides is 1. The van der Waals surface area contributed by atoms with Crippen molar-refractivity contribution in [3.8, 4) is 11.4 Å². The molecule has 0 aliphatic carbocycles. The predicted octanol–water partition coefficient (Wildman–Crippen LogP) is 2.71. The molecule has 8 heteroatoms. The maximum atomic E-state index is 12.8. The summed E-state index contributed by atoms with van der Waals surface area (Å²) in [6.45, 7) is 4.98. The molecule has 140 valence electrons. The van der Waals surface area contributed by atoms with Crippen LogP contribution in [0.15, 0.2) is 60.0 Å². The molecule has 0 saturated carbocycles. The first-order chi connectivity index (χ1) is 13.0. The topological polar surface area (TPSA) is 81.0 Å². The Morgan fingerprint density at radius 1 is 1.11 bits per heavy atom. The van der Waals surface area contributed by atoms with Crippen molar-refractivity contribution in [1.29, 1.82) is 0 Å². The van der Waals surface area contributed by atoms with Gasteiger partial charge in [0.25, 0.3) is 0 Å². The summed E-state index contributed by atoms with van der Waals surface area (Å²) in [6.07, 6.45) is 5.07. The number of aromatic nitrogens is 4. The molecule has 0 bridgehead atoms. The standard InChI is InChI=1S/C19H21N5O2S/c1-14(2)15-5-7-18(8-6-15)27(25,26)23-11-17(12-23)24-13-21-22-19(24)16-4-3-9-20-10-16/h3-10,13-14,17H,11-12H2,1-2H3. The number of benzene rings is 1. The third-order valence-corrected chi connectivity index (χ3v) is 6.75. The third kappa shape index (κ3) is 3.26. The molecule has 0 amide bonds.